The van der Waals surface area contributed by atoms with Crippen molar-refractivity contribution in [3.8, 4) is 0 Å². The molecule has 1 aliphatic heterocycles. The summed E-state index contributed by atoms with van der Waals surface area (Å²) in [6.07, 6.45) is 1.81. The summed E-state index contributed by atoms with van der Waals surface area (Å²) in [4.78, 5) is 14.9. The number of carbonyl (C=O) groups is 1. The average molecular weight is 465 g/mol. The molecule has 7 heteroatoms. The average Bonchev–Trinajstić information content (AvgIpc) is 3.14. The van der Waals surface area contributed by atoms with E-state index in [0.717, 1.165) is 38.3 Å². The molecule has 1 fully saturated rings. The molecule has 5 nitrogen and oxygen atoms in total. The lowest BCUT2D eigenvalue weighted by Crippen LogP contribution is -2.40. The number of hydrogen-bond acceptors (Lipinski definition) is 3. The van der Waals surface area contributed by atoms with Crippen molar-refractivity contribution < 1.29 is 13.2 Å². The van der Waals surface area contributed by atoms with E-state index in [2.05, 4.69) is 15.9 Å². The van der Waals surface area contributed by atoms with E-state index in [-0.39, 0.29) is 23.4 Å². The number of likely N-dealkylation sites (tertiary alicyclic amines) is 1. The van der Waals surface area contributed by atoms with E-state index >= 15 is 0 Å². The summed E-state index contributed by atoms with van der Waals surface area (Å²) < 4.78 is 27.9. The molecule has 1 heterocycles. The van der Waals surface area contributed by atoms with Gasteiger partial charge in [0.1, 0.15) is 0 Å². The van der Waals surface area contributed by atoms with Gasteiger partial charge < -0.3 is 4.90 Å². The van der Waals surface area contributed by atoms with Crippen molar-refractivity contribution in [2.24, 2.45) is 0 Å². The normalized spacial score (nSPS) is 17.3. The largest absolute Gasteiger partial charge is 0.335 e. The second-order valence-corrected chi connectivity index (χ2v) is 10.3. The highest BCUT2D eigenvalue weighted by Crippen LogP contribution is 2.32. The number of hydrogen-bond donors (Lipinski definition) is 0. The zero-order valence-electron chi connectivity index (χ0n) is 16.4. The first-order valence-corrected chi connectivity index (χ1v) is 11.5. The first-order valence-electron chi connectivity index (χ1n) is 9.28. The second kappa shape index (κ2) is 8.35. The minimum absolute atomic E-state index is 0.00155. The van der Waals surface area contributed by atoms with Gasteiger partial charge in [0.15, 0.2) is 0 Å². The molecular weight excluding hydrogens is 440 g/mol. The highest BCUT2D eigenvalue weighted by atomic mass is 79.9. The Hall–Kier alpha value is -1.70. The lowest BCUT2D eigenvalue weighted by atomic mass is 10.0. The van der Waals surface area contributed by atoms with Gasteiger partial charge in [-0.2, -0.15) is 4.31 Å². The van der Waals surface area contributed by atoms with Crippen LogP contribution in [0.1, 0.15) is 35.6 Å². The molecule has 1 unspecified atom stereocenters. The molecule has 0 N–H and O–H groups in total. The number of sulfonamides is 1. The highest BCUT2D eigenvalue weighted by molar-refractivity contribution is 9.10. The predicted molar refractivity (Wildman–Crippen MR) is 114 cm³/mol. The monoisotopic (exact) mass is 464 g/mol. The lowest BCUT2D eigenvalue weighted by molar-refractivity contribution is -0.132. The van der Waals surface area contributed by atoms with E-state index in [4.69, 9.17) is 0 Å². The molecule has 0 saturated carbocycles. The van der Waals surface area contributed by atoms with Gasteiger partial charge in [-0.05, 0) is 67.6 Å². The zero-order chi connectivity index (χ0) is 20.5. The summed E-state index contributed by atoms with van der Waals surface area (Å²) in [5, 5.41) is 0. The molecule has 1 amide bonds. The van der Waals surface area contributed by atoms with Crippen molar-refractivity contribution >= 4 is 31.9 Å². The number of amides is 1. The number of rotatable bonds is 5. The molecule has 28 heavy (non-hydrogen) atoms. The summed E-state index contributed by atoms with van der Waals surface area (Å²) in [5.41, 5.74) is 3.02. The first-order chi connectivity index (χ1) is 13.2. The number of likely N-dealkylation sites (N-methyl/N-ethyl adjacent to an activating group) is 1. The number of aryl methyl sites for hydroxylation is 2. The van der Waals surface area contributed by atoms with Crippen molar-refractivity contribution in [2.45, 2.75) is 37.6 Å². The minimum atomic E-state index is -3.71. The fraction of sp³-hybridized carbons (Fsp3) is 0.381. The smallest absolute Gasteiger partial charge is 0.243 e. The van der Waals surface area contributed by atoms with Crippen LogP contribution in [0.4, 0.5) is 0 Å². The van der Waals surface area contributed by atoms with Gasteiger partial charge in [0.2, 0.25) is 15.9 Å². The van der Waals surface area contributed by atoms with Crippen LogP contribution < -0.4 is 0 Å². The van der Waals surface area contributed by atoms with Gasteiger partial charge in [0, 0.05) is 18.1 Å². The van der Waals surface area contributed by atoms with Crippen molar-refractivity contribution in [2.75, 3.05) is 20.1 Å². The quantitative estimate of drug-likeness (QED) is 0.670. The van der Waals surface area contributed by atoms with Gasteiger partial charge in [-0.25, -0.2) is 8.42 Å². The Morgan fingerprint density at radius 1 is 1.14 bits per heavy atom. The Bertz CT molecular complexity index is 974. The van der Waals surface area contributed by atoms with Gasteiger partial charge in [0.05, 0.1) is 17.5 Å². The summed E-state index contributed by atoms with van der Waals surface area (Å²) in [7, 11) is -2.25. The Morgan fingerprint density at radius 3 is 2.46 bits per heavy atom. The van der Waals surface area contributed by atoms with E-state index < -0.39 is 10.0 Å². The summed E-state index contributed by atoms with van der Waals surface area (Å²) in [5.74, 6) is -0.166. The van der Waals surface area contributed by atoms with Crippen LogP contribution in [-0.2, 0) is 14.8 Å². The Morgan fingerprint density at radius 2 is 1.82 bits per heavy atom. The maximum absolute atomic E-state index is 12.9. The molecule has 2 aromatic rings. The van der Waals surface area contributed by atoms with Gasteiger partial charge in [-0.1, -0.05) is 34.1 Å². The number of carbonyl (C=O) groups excluding carboxylic acids is 1. The molecule has 1 saturated heterocycles. The molecule has 1 atom stereocenters. The number of nitrogens with zero attached hydrogens (tertiary/aromatic N) is 2. The van der Waals surface area contributed by atoms with Gasteiger partial charge in [0.25, 0.3) is 0 Å². The van der Waals surface area contributed by atoms with Crippen molar-refractivity contribution in [1.29, 1.82) is 0 Å². The molecule has 1 aliphatic rings. The van der Waals surface area contributed by atoms with Crippen LogP contribution >= 0.6 is 15.9 Å². The molecule has 0 aromatic heterocycles. The van der Waals surface area contributed by atoms with Crippen LogP contribution in [0.2, 0.25) is 0 Å². The lowest BCUT2D eigenvalue weighted by Gasteiger charge is -2.27. The molecule has 0 bridgehead atoms. The van der Waals surface area contributed by atoms with Crippen molar-refractivity contribution in [1.82, 2.24) is 9.21 Å². The van der Waals surface area contributed by atoms with E-state index in [0.29, 0.717) is 6.54 Å². The molecule has 150 valence electrons. The second-order valence-electron chi connectivity index (χ2n) is 7.30. The summed E-state index contributed by atoms with van der Waals surface area (Å²) >= 11 is 3.43. The van der Waals surface area contributed by atoms with Crippen LogP contribution in [0, 0.1) is 13.8 Å². The van der Waals surface area contributed by atoms with Gasteiger partial charge in [-0.3, -0.25) is 4.79 Å². The highest BCUT2D eigenvalue weighted by Gasteiger charge is 2.32. The summed E-state index contributed by atoms with van der Waals surface area (Å²) in [6, 6.07) is 13.0. The maximum Gasteiger partial charge on any atom is 0.243 e. The molecule has 0 aliphatic carbocycles. The Labute approximate surface area is 175 Å². The molecule has 0 spiro atoms. The van der Waals surface area contributed by atoms with E-state index in [1.807, 2.05) is 38.1 Å². The van der Waals surface area contributed by atoms with Crippen molar-refractivity contribution in [3.05, 3.63) is 63.6 Å². The van der Waals surface area contributed by atoms with Crippen molar-refractivity contribution in [3.63, 3.8) is 0 Å². The maximum atomic E-state index is 12.9. The summed E-state index contributed by atoms with van der Waals surface area (Å²) in [6.45, 7) is 4.31. The molecular formula is C21H25BrN2O3S. The van der Waals surface area contributed by atoms with Crippen LogP contribution in [0.3, 0.4) is 0 Å². The minimum Gasteiger partial charge on any atom is -0.335 e. The molecule has 3 rings (SSSR count). The third-order valence-electron chi connectivity index (χ3n) is 5.37. The number of benzene rings is 2. The fourth-order valence-corrected chi connectivity index (χ4v) is 4.99. The standard InChI is InChI=1S/C21H25BrN2O3S/c1-15-6-11-19(13-16(15)2)28(26,27)23(3)14-21(25)24-12-4-5-20(24)17-7-9-18(22)10-8-17/h6-11,13,20H,4-5,12,14H2,1-3H3. The van der Waals surface area contributed by atoms with Crippen LogP contribution in [-0.4, -0.2) is 43.7 Å². The Balaban J connectivity index is 1.75. The zero-order valence-corrected chi connectivity index (χ0v) is 18.8. The van der Waals surface area contributed by atoms with E-state index in [1.165, 1.54) is 7.05 Å². The third kappa shape index (κ3) is 4.31. The number of halogens is 1. The first kappa shape index (κ1) is 21.0. The van der Waals surface area contributed by atoms with E-state index in [1.54, 1.807) is 23.1 Å². The van der Waals surface area contributed by atoms with Gasteiger partial charge in [-0.15, -0.1) is 0 Å². The molecule has 2 aromatic carbocycles. The predicted octanol–water partition coefficient (Wildman–Crippen LogP) is 4.05. The van der Waals surface area contributed by atoms with Gasteiger partial charge >= 0.3 is 0 Å². The fourth-order valence-electron chi connectivity index (χ4n) is 3.52. The Kier molecular flexibility index (Phi) is 6.27. The van der Waals surface area contributed by atoms with E-state index in [9.17, 15) is 13.2 Å². The topological polar surface area (TPSA) is 57.7 Å². The third-order valence-corrected chi connectivity index (χ3v) is 7.70. The van der Waals surface area contributed by atoms with Crippen LogP contribution in [0.25, 0.3) is 0 Å². The SMILES string of the molecule is Cc1ccc(S(=O)(=O)N(C)CC(=O)N2CCCC2c2ccc(Br)cc2)cc1C. The molecule has 0 radical (unpaired) electrons. The van der Waals surface area contributed by atoms with Crippen LogP contribution in [0.5, 0.6) is 0 Å². The van der Waals surface area contributed by atoms with Crippen LogP contribution in [0.15, 0.2) is 51.8 Å².